The van der Waals surface area contributed by atoms with Crippen LogP contribution in [0.3, 0.4) is 0 Å². The number of fused-ring (bicyclic) bond motifs is 2. The number of thiophene rings is 1. The van der Waals surface area contributed by atoms with Crippen molar-refractivity contribution in [3.05, 3.63) is 53.2 Å². The molecule has 0 fully saturated rings. The van der Waals surface area contributed by atoms with E-state index in [1.54, 1.807) is 25.6 Å². The summed E-state index contributed by atoms with van der Waals surface area (Å²) in [5.74, 6) is 2.82. The molecule has 1 atom stereocenters. The first-order valence-electron chi connectivity index (χ1n) is 8.73. The summed E-state index contributed by atoms with van der Waals surface area (Å²) >= 11 is 1.76. The number of aromatic nitrogens is 2. The van der Waals surface area contributed by atoms with E-state index in [9.17, 15) is 0 Å². The number of rotatable bonds is 5. The van der Waals surface area contributed by atoms with Gasteiger partial charge in [-0.15, -0.1) is 11.3 Å². The Kier molecular flexibility index (Phi) is 4.58. The highest BCUT2D eigenvalue weighted by atomic mass is 32.1. The molecule has 0 amide bonds. The number of ether oxygens (including phenoxy) is 2. The zero-order valence-corrected chi connectivity index (χ0v) is 16.6. The van der Waals surface area contributed by atoms with E-state index in [-0.39, 0.29) is 6.04 Å². The lowest BCUT2D eigenvalue weighted by molar-refractivity contribution is 0.356. The van der Waals surface area contributed by atoms with Crippen molar-refractivity contribution in [2.24, 2.45) is 0 Å². The van der Waals surface area contributed by atoms with Crippen molar-refractivity contribution < 1.29 is 9.47 Å². The third kappa shape index (κ3) is 3.17. The maximum atomic E-state index is 5.46. The van der Waals surface area contributed by atoms with Gasteiger partial charge in [-0.05, 0) is 42.3 Å². The van der Waals surface area contributed by atoms with Crippen LogP contribution in [0.15, 0.2) is 41.8 Å². The van der Waals surface area contributed by atoms with E-state index in [2.05, 4.69) is 51.9 Å². The van der Waals surface area contributed by atoms with Gasteiger partial charge in [-0.3, -0.25) is 0 Å². The van der Waals surface area contributed by atoms with Gasteiger partial charge in [-0.25, -0.2) is 9.97 Å². The first kappa shape index (κ1) is 17.5. The van der Waals surface area contributed by atoms with E-state index in [4.69, 9.17) is 9.47 Å². The van der Waals surface area contributed by atoms with Gasteiger partial charge in [0.05, 0.1) is 25.8 Å². The van der Waals surface area contributed by atoms with E-state index < -0.39 is 0 Å². The monoisotopic (exact) mass is 379 g/mol. The SMILES string of the molecule is COc1cc2nc(C)nc(NC(C)c3csc4ccccc34)c2cc1OC. The molecule has 27 heavy (non-hydrogen) atoms. The summed E-state index contributed by atoms with van der Waals surface area (Å²) in [6.45, 7) is 4.05. The maximum absolute atomic E-state index is 5.46. The average Bonchev–Trinajstić information content (AvgIpc) is 3.11. The predicted molar refractivity (Wildman–Crippen MR) is 111 cm³/mol. The van der Waals surface area contributed by atoms with Crippen LogP contribution < -0.4 is 14.8 Å². The molecule has 4 aromatic rings. The molecule has 0 aliphatic rings. The number of aryl methyl sites for hydroxylation is 1. The quantitative estimate of drug-likeness (QED) is 0.507. The average molecular weight is 379 g/mol. The number of nitrogens with zero attached hydrogens (tertiary/aromatic N) is 2. The zero-order chi connectivity index (χ0) is 19.0. The molecule has 2 aromatic heterocycles. The van der Waals surface area contributed by atoms with Gasteiger partial charge in [0, 0.05) is 16.2 Å². The van der Waals surface area contributed by atoms with E-state index >= 15 is 0 Å². The molecule has 6 heteroatoms. The minimum Gasteiger partial charge on any atom is -0.493 e. The van der Waals surface area contributed by atoms with Crippen LogP contribution in [-0.2, 0) is 0 Å². The van der Waals surface area contributed by atoms with E-state index in [1.807, 2.05) is 19.1 Å². The third-order valence-corrected chi connectivity index (χ3v) is 5.63. The number of hydrogen-bond donors (Lipinski definition) is 1. The highest BCUT2D eigenvalue weighted by Crippen LogP contribution is 2.36. The van der Waals surface area contributed by atoms with Gasteiger partial charge in [0.2, 0.25) is 0 Å². The first-order chi connectivity index (χ1) is 13.1. The fourth-order valence-electron chi connectivity index (χ4n) is 3.30. The topological polar surface area (TPSA) is 56.3 Å². The molecule has 0 saturated carbocycles. The number of hydrogen-bond acceptors (Lipinski definition) is 6. The molecular formula is C21H21N3O2S. The van der Waals surface area contributed by atoms with Crippen LogP contribution in [0, 0.1) is 6.92 Å². The van der Waals surface area contributed by atoms with Crippen LogP contribution in [0.1, 0.15) is 24.4 Å². The molecule has 0 bridgehead atoms. The van der Waals surface area contributed by atoms with Gasteiger partial charge in [-0.1, -0.05) is 18.2 Å². The Bertz CT molecular complexity index is 1120. The Morgan fingerprint density at radius 1 is 1.00 bits per heavy atom. The lowest BCUT2D eigenvalue weighted by Crippen LogP contribution is -2.09. The van der Waals surface area contributed by atoms with Crippen LogP contribution in [0.4, 0.5) is 5.82 Å². The second kappa shape index (κ2) is 7.04. The van der Waals surface area contributed by atoms with Crippen LogP contribution >= 0.6 is 11.3 Å². The van der Waals surface area contributed by atoms with Crippen molar-refractivity contribution in [1.82, 2.24) is 9.97 Å². The lowest BCUT2D eigenvalue weighted by Gasteiger charge is -2.17. The first-order valence-corrected chi connectivity index (χ1v) is 9.61. The fraction of sp³-hybridized carbons (Fsp3) is 0.238. The van der Waals surface area contributed by atoms with E-state index in [1.165, 1.54) is 15.6 Å². The van der Waals surface area contributed by atoms with Gasteiger partial charge in [-0.2, -0.15) is 0 Å². The Morgan fingerprint density at radius 3 is 2.52 bits per heavy atom. The van der Waals surface area contributed by atoms with E-state index in [0.29, 0.717) is 17.3 Å². The highest BCUT2D eigenvalue weighted by Gasteiger charge is 2.16. The minimum atomic E-state index is 0.103. The smallest absolute Gasteiger partial charge is 0.162 e. The zero-order valence-electron chi connectivity index (χ0n) is 15.7. The van der Waals surface area contributed by atoms with Crippen molar-refractivity contribution >= 4 is 38.1 Å². The van der Waals surface area contributed by atoms with Crippen LogP contribution in [-0.4, -0.2) is 24.2 Å². The van der Waals surface area contributed by atoms with Gasteiger partial charge < -0.3 is 14.8 Å². The molecule has 2 heterocycles. The molecule has 1 N–H and O–H groups in total. The standard InChI is InChI=1S/C21H21N3O2S/c1-12(16-11-27-20-8-6-5-7-14(16)20)22-21-15-9-18(25-3)19(26-4)10-17(15)23-13(2)24-21/h5-12H,1-4H3,(H,22,23,24). The lowest BCUT2D eigenvalue weighted by atomic mass is 10.1. The summed E-state index contributed by atoms with van der Waals surface area (Å²) < 4.78 is 12.2. The molecule has 4 rings (SSSR count). The third-order valence-electron chi connectivity index (χ3n) is 4.64. The van der Waals surface area contributed by atoms with Gasteiger partial charge >= 0.3 is 0 Å². The second-order valence-corrected chi connectivity index (χ2v) is 7.31. The Hall–Kier alpha value is -2.86. The molecule has 0 radical (unpaired) electrons. The molecule has 1 unspecified atom stereocenters. The summed E-state index contributed by atoms with van der Waals surface area (Å²) in [6.07, 6.45) is 0. The summed E-state index contributed by atoms with van der Waals surface area (Å²) in [4.78, 5) is 9.20. The van der Waals surface area contributed by atoms with Crippen LogP contribution in [0.5, 0.6) is 11.5 Å². The minimum absolute atomic E-state index is 0.103. The summed E-state index contributed by atoms with van der Waals surface area (Å²) in [6, 6.07) is 12.4. The maximum Gasteiger partial charge on any atom is 0.162 e. The van der Waals surface area contributed by atoms with Crippen molar-refractivity contribution in [1.29, 1.82) is 0 Å². The molecular weight excluding hydrogens is 358 g/mol. The van der Waals surface area contributed by atoms with Crippen molar-refractivity contribution in [2.75, 3.05) is 19.5 Å². The molecule has 0 aliphatic carbocycles. The molecule has 0 aliphatic heterocycles. The Labute approximate surface area is 162 Å². The summed E-state index contributed by atoms with van der Waals surface area (Å²) in [5.41, 5.74) is 2.09. The normalized spacial score (nSPS) is 12.3. The summed E-state index contributed by atoms with van der Waals surface area (Å²) in [5, 5.41) is 7.96. The predicted octanol–water partition coefficient (Wildman–Crippen LogP) is 5.34. The molecule has 2 aromatic carbocycles. The van der Waals surface area contributed by atoms with Gasteiger partial charge in [0.25, 0.3) is 0 Å². The number of methoxy groups -OCH3 is 2. The largest absolute Gasteiger partial charge is 0.493 e. The number of benzene rings is 2. The van der Waals surface area contributed by atoms with Crippen molar-refractivity contribution in [3.63, 3.8) is 0 Å². The fourth-order valence-corrected chi connectivity index (χ4v) is 4.35. The Balaban J connectivity index is 1.78. The van der Waals surface area contributed by atoms with E-state index in [0.717, 1.165) is 16.7 Å². The molecule has 0 spiro atoms. The van der Waals surface area contributed by atoms with Crippen molar-refractivity contribution in [3.8, 4) is 11.5 Å². The van der Waals surface area contributed by atoms with Crippen LogP contribution in [0.25, 0.3) is 21.0 Å². The number of nitrogens with one attached hydrogen (secondary N) is 1. The molecule has 138 valence electrons. The second-order valence-electron chi connectivity index (χ2n) is 6.40. The van der Waals surface area contributed by atoms with Crippen LogP contribution in [0.2, 0.25) is 0 Å². The van der Waals surface area contributed by atoms with Crippen molar-refractivity contribution in [2.45, 2.75) is 19.9 Å². The van der Waals surface area contributed by atoms with Gasteiger partial charge in [0.1, 0.15) is 11.6 Å². The Morgan fingerprint density at radius 2 is 1.74 bits per heavy atom. The number of anilines is 1. The highest BCUT2D eigenvalue weighted by molar-refractivity contribution is 7.17. The van der Waals surface area contributed by atoms with Gasteiger partial charge in [0.15, 0.2) is 11.5 Å². The molecule has 0 saturated heterocycles. The molecule has 5 nitrogen and oxygen atoms in total. The summed E-state index contributed by atoms with van der Waals surface area (Å²) in [7, 11) is 3.26.